The molecule has 0 saturated carbocycles. The Bertz CT molecular complexity index is 723. The van der Waals surface area contributed by atoms with Crippen LogP contribution in [0.4, 0.5) is 5.69 Å². The average molecular weight is 358 g/mol. The summed E-state index contributed by atoms with van der Waals surface area (Å²) in [5.74, 6) is -0.411. The second-order valence-electron chi connectivity index (χ2n) is 6.53. The molecule has 4 amide bonds. The second kappa shape index (κ2) is 7.55. The normalized spacial score (nSPS) is 19.9. The van der Waals surface area contributed by atoms with E-state index < -0.39 is 6.04 Å². The number of amides is 4. The van der Waals surface area contributed by atoms with Crippen molar-refractivity contribution >= 4 is 29.3 Å². The lowest BCUT2D eigenvalue weighted by atomic mass is 10.1. The van der Waals surface area contributed by atoms with Gasteiger partial charge in [0.15, 0.2) is 0 Å². The molecule has 0 spiro atoms. The van der Waals surface area contributed by atoms with Gasteiger partial charge in [0.1, 0.15) is 6.04 Å². The van der Waals surface area contributed by atoms with Crippen LogP contribution < -0.4 is 10.6 Å². The molecule has 2 fully saturated rings. The maximum atomic E-state index is 12.6. The molecule has 1 aromatic carbocycles. The maximum Gasteiger partial charge on any atom is 0.253 e. The summed E-state index contributed by atoms with van der Waals surface area (Å²) in [6.07, 6.45) is 0.931. The van der Waals surface area contributed by atoms with Crippen molar-refractivity contribution in [2.45, 2.75) is 25.8 Å². The highest BCUT2D eigenvalue weighted by molar-refractivity contribution is 5.96. The van der Waals surface area contributed by atoms with Gasteiger partial charge in [-0.15, -0.1) is 0 Å². The van der Waals surface area contributed by atoms with Crippen molar-refractivity contribution in [1.29, 1.82) is 0 Å². The lowest BCUT2D eigenvalue weighted by Crippen LogP contribution is -2.54. The van der Waals surface area contributed by atoms with Crippen LogP contribution in [-0.2, 0) is 14.4 Å². The first-order chi connectivity index (χ1) is 12.4. The monoisotopic (exact) mass is 358 g/mol. The summed E-state index contributed by atoms with van der Waals surface area (Å²) in [5.41, 5.74) is 1.19. The Morgan fingerprint density at radius 2 is 1.65 bits per heavy atom. The first kappa shape index (κ1) is 17.9. The Balaban J connectivity index is 1.54. The Kier molecular flexibility index (Phi) is 5.20. The number of nitrogens with zero attached hydrogens (tertiary/aromatic N) is 2. The van der Waals surface area contributed by atoms with Crippen molar-refractivity contribution < 1.29 is 19.2 Å². The van der Waals surface area contributed by atoms with Crippen LogP contribution in [0.1, 0.15) is 30.1 Å². The molecule has 3 rings (SSSR count). The number of anilines is 1. The van der Waals surface area contributed by atoms with Crippen LogP contribution in [0.15, 0.2) is 24.3 Å². The van der Waals surface area contributed by atoms with Gasteiger partial charge in [-0.2, -0.15) is 0 Å². The Morgan fingerprint density at radius 1 is 1.04 bits per heavy atom. The SMILES string of the molecule is CC(=O)Nc1ccc(C(=O)N2CCN(C(=O)C3CCC(=O)N3)CC2)cc1. The summed E-state index contributed by atoms with van der Waals surface area (Å²) in [7, 11) is 0. The highest BCUT2D eigenvalue weighted by Crippen LogP contribution is 2.15. The average Bonchev–Trinajstić information content (AvgIpc) is 3.07. The van der Waals surface area contributed by atoms with Crippen LogP contribution in [0.2, 0.25) is 0 Å². The van der Waals surface area contributed by atoms with E-state index in [9.17, 15) is 19.2 Å². The zero-order chi connectivity index (χ0) is 18.7. The van der Waals surface area contributed by atoms with Crippen LogP contribution >= 0.6 is 0 Å². The van der Waals surface area contributed by atoms with E-state index in [0.29, 0.717) is 50.3 Å². The van der Waals surface area contributed by atoms with Gasteiger partial charge in [0.25, 0.3) is 5.91 Å². The number of nitrogens with one attached hydrogen (secondary N) is 2. The van der Waals surface area contributed by atoms with Crippen LogP contribution in [0, 0.1) is 0 Å². The Morgan fingerprint density at radius 3 is 2.19 bits per heavy atom. The lowest BCUT2D eigenvalue weighted by molar-refractivity contribution is -0.135. The van der Waals surface area contributed by atoms with Crippen LogP contribution in [-0.4, -0.2) is 65.6 Å². The van der Waals surface area contributed by atoms with Gasteiger partial charge >= 0.3 is 0 Å². The summed E-state index contributed by atoms with van der Waals surface area (Å²) in [6, 6.07) is 6.32. The van der Waals surface area contributed by atoms with Crippen molar-refractivity contribution in [3.8, 4) is 0 Å². The number of carbonyl (C=O) groups excluding carboxylic acids is 4. The number of benzene rings is 1. The molecule has 2 N–H and O–H groups in total. The van der Waals surface area contributed by atoms with Gasteiger partial charge in [-0.05, 0) is 30.7 Å². The zero-order valence-corrected chi connectivity index (χ0v) is 14.7. The summed E-state index contributed by atoms with van der Waals surface area (Å²) in [4.78, 5) is 50.7. The number of piperazine rings is 1. The summed E-state index contributed by atoms with van der Waals surface area (Å²) in [5, 5.41) is 5.35. The minimum Gasteiger partial charge on any atom is -0.344 e. The molecular formula is C18H22N4O4. The third kappa shape index (κ3) is 4.01. The molecule has 0 bridgehead atoms. The van der Waals surface area contributed by atoms with Crippen LogP contribution in [0.3, 0.4) is 0 Å². The van der Waals surface area contributed by atoms with Gasteiger partial charge in [0.05, 0.1) is 0 Å². The smallest absolute Gasteiger partial charge is 0.253 e. The number of rotatable bonds is 3. The minimum atomic E-state index is -0.425. The predicted molar refractivity (Wildman–Crippen MR) is 94.4 cm³/mol. The van der Waals surface area contributed by atoms with E-state index in [1.165, 1.54) is 6.92 Å². The topological polar surface area (TPSA) is 98.8 Å². The fourth-order valence-electron chi connectivity index (χ4n) is 3.23. The molecule has 2 saturated heterocycles. The minimum absolute atomic E-state index is 0.0670. The predicted octanol–water partition coefficient (Wildman–Crippen LogP) is 0.208. The molecule has 0 aromatic heterocycles. The fraction of sp³-hybridized carbons (Fsp3) is 0.444. The van der Waals surface area contributed by atoms with Crippen molar-refractivity contribution in [1.82, 2.24) is 15.1 Å². The molecular weight excluding hydrogens is 336 g/mol. The highest BCUT2D eigenvalue weighted by Gasteiger charge is 2.33. The quantitative estimate of drug-likeness (QED) is 0.807. The lowest BCUT2D eigenvalue weighted by Gasteiger charge is -2.36. The standard InChI is InChI=1S/C18H22N4O4/c1-12(23)19-14-4-2-13(3-5-14)17(25)21-8-10-22(11-9-21)18(26)15-6-7-16(24)20-15/h2-5,15H,6-11H2,1H3,(H,19,23)(H,20,24). The molecule has 26 heavy (non-hydrogen) atoms. The Hall–Kier alpha value is -2.90. The molecule has 2 heterocycles. The number of carbonyl (C=O) groups is 4. The van der Waals surface area contributed by atoms with Crippen molar-refractivity contribution in [2.75, 3.05) is 31.5 Å². The molecule has 0 aliphatic carbocycles. The van der Waals surface area contributed by atoms with Gasteiger partial charge in [-0.3, -0.25) is 19.2 Å². The molecule has 0 radical (unpaired) electrons. The van der Waals surface area contributed by atoms with Crippen LogP contribution in [0.25, 0.3) is 0 Å². The number of hydrogen-bond donors (Lipinski definition) is 2. The van der Waals surface area contributed by atoms with E-state index >= 15 is 0 Å². The van der Waals surface area contributed by atoms with E-state index in [1.54, 1.807) is 34.1 Å². The molecule has 138 valence electrons. The molecule has 2 aliphatic rings. The van der Waals surface area contributed by atoms with E-state index in [2.05, 4.69) is 10.6 Å². The highest BCUT2D eigenvalue weighted by atomic mass is 16.2. The zero-order valence-electron chi connectivity index (χ0n) is 14.7. The van der Waals surface area contributed by atoms with Crippen LogP contribution in [0.5, 0.6) is 0 Å². The molecule has 1 aromatic rings. The largest absolute Gasteiger partial charge is 0.344 e. The molecule has 1 atom stereocenters. The fourth-order valence-corrected chi connectivity index (χ4v) is 3.23. The van der Waals surface area contributed by atoms with Crippen molar-refractivity contribution in [2.24, 2.45) is 0 Å². The van der Waals surface area contributed by atoms with Gasteiger partial charge in [0, 0.05) is 50.8 Å². The molecule has 8 heteroatoms. The Labute approximate surface area is 151 Å². The third-order valence-corrected chi connectivity index (χ3v) is 4.62. The van der Waals surface area contributed by atoms with Gasteiger partial charge in [0.2, 0.25) is 17.7 Å². The summed E-state index contributed by atoms with van der Waals surface area (Å²) >= 11 is 0. The van der Waals surface area contributed by atoms with Gasteiger partial charge in [-0.25, -0.2) is 0 Å². The van der Waals surface area contributed by atoms with Crippen molar-refractivity contribution in [3.05, 3.63) is 29.8 Å². The molecule has 2 aliphatic heterocycles. The van der Waals surface area contributed by atoms with Gasteiger partial charge in [-0.1, -0.05) is 0 Å². The molecule has 8 nitrogen and oxygen atoms in total. The maximum absolute atomic E-state index is 12.6. The van der Waals surface area contributed by atoms with Gasteiger partial charge < -0.3 is 20.4 Å². The molecule has 1 unspecified atom stereocenters. The first-order valence-corrected chi connectivity index (χ1v) is 8.69. The second-order valence-corrected chi connectivity index (χ2v) is 6.53. The summed E-state index contributed by atoms with van der Waals surface area (Å²) < 4.78 is 0. The van der Waals surface area contributed by atoms with E-state index in [4.69, 9.17) is 0 Å². The van der Waals surface area contributed by atoms with Crippen molar-refractivity contribution in [3.63, 3.8) is 0 Å². The third-order valence-electron chi connectivity index (χ3n) is 4.62. The number of hydrogen-bond acceptors (Lipinski definition) is 4. The van der Waals surface area contributed by atoms with E-state index in [0.717, 1.165) is 0 Å². The van der Waals surface area contributed by atoms with E-state index in [1.807, 2.05) is 0 Å². The first-order valence-electron chi connectivity index (χ1n) is 8.69. The van der Waals surface area contributed by atoms with E-state index in [-0.39, 0.29) is 23.6 Å². The summed E-state index contributed by atoms with van der Waals surface area (Å²) in [6.45, 7) is 3.26.